The van der Waals surface area contributed by atoms with Gasteiger partial charge in [-0.2, -0.15) is 0 Å². The van der Waals surface area contributed by atoms with E-state index < -0.39 is 17.4 Å². The first kappa shape index (κ1) is 15.0. The summed E-state index contributed by atoms with van der Waals surface area (Å²) >= 11 is 0. The predicted molar refractivity (Wildman–Crippen MR) is 64.9 cm³/mol. The van der Waals surface area contributed by atoms with Crippen molar-refractivity contribution in [1.82, 2.24) is 0 Å². The zero-order chi connectivity index (χ0) is 13.6. The highest BCUT2D eigenvalue weighted by Crippen LogP contribution is 2.36. The molecule has 1 rings (SSSR count). The topological polar surface area (TPSA) is 61.8 Å². The van der Waals surface area contributed by atoms with E-state index in [1.807, 2.05) is 0 Å². The molecule has 104 valence electrons. The molecule has 0 aromatic heterocycles. The summed E-state index contributed by atoms with van der Waals surface area (Å²) in [5.41, 5.74) is -1.26. The number of carbonyl (C=O) groups is 2. The van der Waals surface area contributed by atoms with Crippen LogP contribution in [0, 0.1) is 11.3 Å². The Bertz CT molecular complexity index is 276. The summed E-state index contributed by atoms with van der Waals surface area (Å²) in [6, 6.07) is 0. The Morgan fingerprint density at radius 1 is 1.22 bits per heavy atom. The molecule has 1 saturated heterocycles. The van der Waals surface area contributed by atoms with E-state index in [-0.39, 0.29) is 19.1 Å². The highest BCUT2D eigenvalue weighted by molar-refractivity contribution is 6.00. The number of ether oxygens (including phenoxy) is 3. The molecule has 1 aliphatic rings. The van der Waals surface area contributed by atoms with Gasteiger partial charge in [-0.05, 0) is 33.6 Å². The fourth-order valence-corrected chi connectivity index (χ4v) is 2.17. The van der Waals surface area contributed by atoms with Crippen LogP contribution in [0.2, 0.25) is 0 Å². The molecule has 0 aliphatic carbocycles. The number of esters is 2. The quantitative estimate of drug-likeness (QED) is 0.553. The molecule has 5 heteroatoms. The maximum atomic E-state index is 12.1. The Labute approximate surface area is 108 Å². The van der Waals surface area contributed by atoms with Gasteiger partial charge in [0, 0.05) is 12.5 Å². The zero-order valence-corrected chi connectivity index (χ0v) is 11.4. The first-order valence-corrected chi connectivity index (χ1v) is 6.49. The normalized spacial score (nSPS) is 20.3. The lowest BCUT2D eigenvalue weighted by molar-refractivity contribution is -0.179. The molecule has 0 radical (unpaired) electrons. The van der Waals surface area contributed by atoms with Crippen molar-refractivity contribution in [2.75, 3.05) is 26.4 Å². The Hall–Kier alpha value is -1.10. The molecule has 0 aromatic carbocycles. The van der Waals surface area contributed by atoms with Gasteiger partial charge in [0.15, 0.2) is 5.41 Å². The minimum Gasteiger partial charge on any atom is -0.465 e. The number of hydrogen-bond donors (Lipinski definition) is 0. The van der Waals surface area contributed by atoms with Crippen LogP contribution in [-0.4, -0.2) is 38.4 Å². The predicted octanol–water partition coefficient (Wildman–Crippen LogP) is 1.55. The highest BCUT2D eigenvalue weighted by atomic mass is 16.6. The van der Waals surface area contributed by atoms with Crippen LogP contribution in [0.25, 0.3) is 0 Å². The molecule has 5 nitrogen and oxygen atoms in total. The Morgan fingerprint density at radius 2 is 1.78 bits per heavy atom. The van der Waals surface area contributed by atoms with Crippen molar-refractivity contribution in [3.8, 4) is 0 Å². The molecule has 0 saturated carbocycles. The van der Waals surface area contributed by atoms with Gasteiger partial charge in [0.05, 0.1) is 19.8 Å². The zero-order valence-electron chi connectivity index (χ0n) is 11.4. The van der Waals surface area contributed by atoms with Crippen LogP contribution in [0.15, 0.2) is 0 Å². The minimum absolute atomic E-state index is 0.177. The fourth-order valence-electron chi connectivity index (χ4n) is 2.17. The molecule has 0 N–H and O–H groups in total. The van der Waals surface area contributed by atoms with Crippen LogP contribution in [0.1, 0.15) is 33.6 Å². The standard InChI is InChI=1S/C13H22O5/c1-4-17-11(14)13(3,12(15)18-5-2)10-7-6-8-16-9-10/h10H,4-9H2,1-3H3. The lowest BCUT2D eigenvalue weighted by Crippen LogP contribution is -2.48. The number of carbonyl (C=O) groups excluding carboxylic acids is 2. The van der Waals surface area contributed by atoms with Gasteiger partial charge in [0.1, 0.15) is 0 Å². The van der Waals surface area contributed by atoms with Crippen LogP contribution in [0.5, 0.6) is 0 Å². The van der Waals surface area contributed by atoms with Gasteiger partial charge in [0.2, 0.25) is 0 Å². The van der Waals surface area contributed by atoms with Crippen LogP contribution in [-0.2, 0) is 23.8 Å². The van der Waals surface area contributed by atoms with Crippen molar-refractivity contribution in [2.24, 2.45) is 11.3 Å². The molecule has 0 bridgehead atoms. The van der Waals surface area contributed by atoms with E-state index in [2.05, 4.69) is 0 Å². The van der Waals surface area contributed by atoms with Crippen LogP contribution in [0.4, 0.5) is 0 Å². The van der Waals surface area contributed by atoms with E-state index in [0.717, 1.165) is 12.8 Å². The van der Waals surface area contributed by atoms with Gasteiger partial charge < -0.3 is 14.2 Å². The summed E-state index contributed by atoms with van der Waals surface area (Å²) in [7, 11) is 0. The third-order valence-electron chi connectivity index (χ3n) is 3.38. The van der Waals surface area contributed by atoms with E-state index in [1.54, 1.807) is 20.8 Å². The first-order chi connectivity index (χ1) is 8.57. The number of rotatable bonds is 5. The average Bonchev–Trinajstić information content (AvgIpc) is 2.39. The van der Waals surface area contributed by atoms with Gasteiger partial charge in [-0.15, -0.1) is 0 Å². The van der Waals surface area contributed by atoms with Gasteiger partial charge in [-0.1, -0.05) is 0 Å². The van der Waals surface area contributed by atoms with E-state index in [9.17, 15) is 9.59 Å². The second kappa shape index (κ2) is 6.73. The van der Waals surface area contributed by atoms with Gasteiger partial charge in [-0.25, -0.2) is 0 Å². The van der Waals surface area contributed by atoms with Crippen LogP contribution < -0.4 is 0 Å². The second-order valence-corrected chi connectivity index (χ2v) is 4.56. The van der Waals surface area contributed by atoms with Crippen molar-refractivity contribution < 1.29 is 23.8 Å². The van der Waals surface area contributed by atoms with Crippen LogP contribution in [0.3, 0.4) is 0 Å². The van der Waals surface area contributed by atoms with Crippen LogP contribution >= 0.6 is 0 Å². The summed E-state index contributed by atoms with van der Waals surface area (Å²) in [5.74, 6) is -1.21. The van der Waals surface area contributed by atoms with E-state index in [4.69, 9.17) is 14.2 Å². The SMILES string of the molecule is CCOC(=O)C(C)(C(=O)OCC)C1CCCOC1. The third kappa shape index (κ3) is 3.02. The largest absolute Gasteiger partial charge is 0.465 e. The van der Waals surface area contributed by atoms with Crippen molar-refractivity contribution >= 4 is 11.9 Å². The number of hydrogen-bond acceptors (Lipinski definition) is 5. The fraction of sp³-hybridized carbons (Fsp3) is 0.846. The van der Waals surface area contributed by atoms with E-state index in [1.165, 1.54) is 0 Å². The molecule has 18 heavy (non-hydrogen) atoms. The molecule has 0 aromatic rings. The van der Waals surface area contributed by atoms with Gasteiger partial charge in [0.25, 0.3) is 0 Å². The summed E-state index contributed by atoms with van der Waals surface area (Å²) in [6.07, 6.45) is 1.62. The third-order valence-corrected chi connectivity index (χ3v) is 3.38. The van der Waals surface area contributed by atoms with Gasteiger partial charge in [-0.3, -0.25) is 9.59 Å². The summed E-state index contributed by atoms with van der Waals surface area (Å²) in [4.78, 5) is 24.2. The maximum absolute atomic E-state index is 12.1. The Morgan fingerprint density at radius 3 is 2.17 bits per heavy atom. The summed E-state index contributed by atoms with van der Waals surface area (Å²) in [5, 5.41) is 0. The monoisotopic (exact) mass is 258 g/mol. The molecule has 0 spiro atoms. The molecule has 1 aliphatic heterocycles. The van der Waals surface area contributed by atoms with E-state index >= 15 is 0 Å². The lowest BCUT2D eigenvalue weighted by atomic mass is 9.74. The summed E-state index contributed by atoms with van der Waals surface area (Å²) in [6.45, 7) is 6.62. The maximum Gasteiger partial charge on any atom is 0.323 e. The Kier molecular flexibility index (Phi) is 5.59. The molecule has 0 amide bonds. The lowest BCUT2D eigenvalue weighted by Gasteiger charge is -2.35. The first-order valence-electron chi connectivity index (χ1n) is 6.49. The molecular weight excluding hydrogens is 236 g/mol. The average molecular weight is 258 g/mol. The van der Waals surface area contributed by atoms with Crippen molar-refractivity contribution in [2.45, 2.75) is 33.6 Å². The highest BCUT2D eigenvalue weighted by Gasteiger charge is 2.51. The molecule has 1 unspecified atom stereocenters. The van der Waals surface area contributed by atoms with E-state index in [0.29, 0.717) is 13.2 Å². The molecule has 1 fully saturated rings. The van der Waals surface area contributed by atoms with Crippen molar-refractivity contribution in [3.05, 3.63) is 0 Å². The second-order valence-electron chi connectivity index (χ2n) is 4.56. The Balaban J connectivity index is 2.91. The smallest absolute Gasteiger partial charge is 0.323 e. The minimum atomic E-state index is -1.26. The van der Waals surface area contributed by atoms with Gasteiger partial charge >= 0.3 is 11.9 Å². The molecule has 1 atom stereocenters. The molecular formula is C13H22O5. The van der Waals surface area contributed by atoms with Crippen molar-refractivity contribution in [3.63, 3.8) is 0 Å². The summed E-state index contributed by atoms with van der Waals surface area (Å²) < 4.78 is 15.4. The molecule has 1 heterocycles. The van der Waals surface area contributed by atoms with Crippen molar-refractivity contribution in [1.29, 1.82) is 0 Å².